The molecule has 0 saturated heterocycles. The molecule has 1 aromatic heterocycles. The molecular weight excluding hydrogens is 226 g/mol. The van der Waals surface area contributed by atoms with E-state index in [9.17, 15) is 0 Å². The van der Waals surface area contributed by atoms with Crippen molar-refractivity contribution in [2.45, 2.75) is 44.1 Å². The normalized spacial score (nSPS) is 41.3. The minimum absolute atomic E-state index is 0.204. The average molecular weight is 247 g/mol. The highest BCUT2D eigenvalue weighted by Gasteiger charge is 2.53. The van der Waals surface area contributed by atoms with E-state index in [1.807, 2.05) is 6.07 Å². The van der Waals surface area contributed by atoms with Crippen LogP contribution in [-0.4, -0.2) is 16.9 Å². The van der Waals surface area contributed by atoms with E-state index in [2.05, 4.69) is 9.78 Å². The second kappa shape index (κ2) is 3.43. The number of hydrogen-bond donors (Lipinski definition) is 1. The standard InChI is InChI=1S/C14H21N3O/c1-18-13-5-12(15)17(16-13)14-6-9-2-10(7-14)4-11(3-9)8-14/h5,9-11H,2-4,6-8,15H2,1H3. The lowest BCUT2D eigenvalue weighted by Crippen LogP contribution is -2.52. The molecule has 4 saturated carbocycles. The van der Waals surface area contributed by atoms with Gasteiger partial charge in [-0.3, -0.25) is 0 Å². The summed E-state index contributed by atoms with van der Waals surface area (Å²) in [4.78, 5) is 0. The summed E-state index contributed by atoms with van der Waals surface area (Å²) in [5.74, 6) is 4.15. The Bertz CT molecular complexity index is 444. The van der Waals surface area contributed by atoms with Crippen LogP contribution in [0.1, 0.15) is 38.5 Å². The first-order valence-electron chi connectivity index (χ1n) is 7.08. The first-order valence-corrected chi connectivity index (χ1v) is 7.08. The highest BCUT2D eigenvalue weighted by Crippen LogP contribution is 2.59. The molecule has 4 bridgehead atoms. The van der Waals surface area contributed by atoms with Crippen LogP contribution in [-0.2, 0) is 5.54 Å². The molecule has 4 aliphatic carbocycles. The van der Waals surface area contributed by atoms with E-state index < -0.39 is 0 Å². The van der Waals surface area contributed by atoms with Gasteiger partial charge in [0.2, 0.25) is 5.88 Å². The maximum atomic E-state index is 6.16. The van der Waals surface area contributed by atoms with Crippen LogP contribution in [0.2, 0.25) is 0 Å². The van der Waals surface area contributed by atoms with Gasteiger partial charge in [-0.1, -0.05) is 0 Å². The highest BCUT2D eigenvalue weighted by atomic mass is 16.5. The fourth-order valence-corrected chi connectivity index (χ4v) is 5.18. The van der Waals surface area contributed by atoms with E-state index in [0.29, 0.717) is 5.88 Å². The molecular formula is C14H21N3O. The fourth-order valence-electron chi connectivity index (χ4n) is 5.18. The van der Waals surface area contributed by atoms with Gasteiger partial charge in [-0.15, -0.1) is 5.10 Å². The van der Waals surface area contributed by atoms with Crippen molar-refractivity contribution >= 4 is 5.82 Å². The van der Waals surface area contributed by atoms with Crippen LogP contribution in [0.5, 0.6) is 5.88 Å². The Balaban J connectivity index is 1.76. The zero-order chi connectivity index (χ0) is 12.3. The molecule has 0 unspecified atom stereocenters. The van der Waals surface area contributed by atoms with Gasteiger partial charge in [0.25, 0.3) is 0 Å². The van der Waals surface area contributed by atoms with Gasteiger partial charge in [0.05, 0.1) is 12.6 Å². The summed E-state index contributed by atoms with van der Waals surface area (Å²) in [6.45, 7) is 0. The molecule has 2 N–H and O–H groups in total. The van der Waals surface area contributed by atoms with E-state index in [-0.39, 0.29) is 5.54 Å². The van der Waals surface area contributed by atoms with Gasteiger partial charge >= 0.3 is 0 Å². The Kier molecular flexibility index (Phi) is 2.04. The number of nitrogens with two attached hydrogens (primary N) is 1. The zero-order valence-electron chi connectivity index (χ0n) is 10.9. The lowest BCUT2D eigenvalue weighted by Gasteiger charge is -2.56. The smallest absolute Gasteiger partial charge is 0.234 e. The van der Waals surface area contributed by atoms with Gasteiger partial charge in [0.15, 0.2) is 0 Å². The average Bonchev–Trinajstić information content (AvgIpc) is 2.69. The summed E-state index contributed by atoms with van der Waals surface area (Å²) < 4.78 is 7.32. The van der Waals surface area contributed by atoms with E-state index in [1.165, 1.54) is 38.5 Å². The number of aromatic nitrogens is 2. The van der Waals surface area contributed by atoms with E-state index in [4.69, 9.17) is 10.5 Å². The summed E-state index contributed by atoms with van der Waals surface area (Å²) in [5.41, 5.74) is 6.36. The van der Waals surface area contributed by atoms with Crippen molar-refractivity contribution in [3.63, 3.8) is 0 Å². The summed E-state index contributed by atoms with van der Waals surface area (Å²) in [6, 6.07) is 1.86. The number of hydrogen-bond acceptors (Lipinski definition) is 3. The molecule has 0 spiro atoms. The first-order chi connectivity index (χ1) is 8.68. The topological polar surface area (TPSA) is 53.1 Å². The second-order valence-electron chi connectivity index (χ2n) is 6.67. The summed E-state index contributed by atoms with van der Waals surface area (Å²) in [7, 11) is 1.66. The van der Waals surface area contributed by atoms with Gasteiger partial charge in [-0.05, 0) is 56.3 Å². The monoisotopic (exact) mass is 247 g/mol. The molecule has 0 amide bonds. The molecule has 5 rings (SSSR count). The Morgan fingerprint density at radius 2 is 1.78 bits per heavy atom. The maximum absolute atomic E-state index is 6.16. The van der Waals surface area contributed by atoms with Crippen molar-refractivity contribution < 1.29 is 4.74 Å². The predicted molar refractivity (Wildman–Crippen MR) is 69.3 cm³/mol. The maximum Gasteiger partial charge on any atom is 0.234 e. The molecule has 1 aromatic rings. The molecule has 0 aliphatic heterocycles. The minimum atomic E-state index is 0.204. The second-order valence-corrected chi connectivity index (χ2v) is 6.67. The van der Waals surface area contributed by atoms with E-state index >= 15 is 0 Å². The molecule has 4 fully saturated rings. The molecule has 1 heterocycles. The molecule has 0 atom stereocenters. The molecule has 98 valence electrons. The lowest BCUT2D eigenvalue weighted by atomic mass is 9.53. The molecule has 4 aliphatic rings. The van der Waals surface area contributed by atoms with Gasteiger partial charge in [-0.25, -0.2) is 4.68 Å². The van der Waals surface area contributed by atoms with Gasteiger partial charge in [0, 0.05) is 6.07 Å². The third-order valence-electron chi connectivity index (χ3n) is 5.38. The van der Waals surface area contributed by atoms with Crippen molar-refractivity contribution in [3.8, 4) is 5.88 Å². The first kappa shape index (κ1) is 10.7. The number of anilines is 1. The van der Waals surface area contributed by atoms with Crippen molar-refractivity contribution in [2.75, 3.05) is 12.8 Å². The van der Waals surface area contributed by atoms with E-state index in [1.54, 1.807) is 7.11 Å². The van der Waals surface area contributed by atoms with Crippen LogP contribution in [0.4, 0.5) is 5.82 Å². The van der Waals surface area contributed by atoms with Crippen LogP contribution >= 0.6 is 0 Å². The summed E-state index contributed by atoms with van der Waals surface area (Å²) in [5, 5.41) is 4.59. The van der Waals surface area contributed by atoms with E-state index in [0.717, 1.165) is 23.6 Å². The largest absolute Gasteiger partial charge is 0.480 e. The van der Waals surface area contributed by atoms with Crippen LogP contribution in [0, 0.1) is 17.8 Å². The minimum Gasteiger partial charge on any atom is -0.480 e. The third-order valence-corrected chi connectivity index (χ3v) is 5.38. The Morgan fingerprint density at radius 1 is 1.22 bits per heavy atom. The molecule has 4 nitrogen and oxygen atoms in total. The van der Waals surface area contributed by atoms with Crippen molar-refractivity contribution in [2.24, 2.45) is 17.8 Å². The quantitative estimate of drug-likeness (QED) is 0.873. The van der Waals surface area contributed by atoms with Crippen LogP contribution in [0.15, 0.2) is 6.07 Å². The van der Waals surface area contributed by atoms with Gasteiger partial charge < -0.3 is 10.5 Å². The van der Waals surface area contributed by atoms with Crippen molar-refractivity contribution in [3.05, 3.63) is 6.07 Å². The Hall–Kier alpha value is -1.19. The van der Waals surface area contributed by atoms with Crippen LogP contribution < -0.4 is 10.5 Å². The van der Waals surface area contributed by atoms with Gasteiger partial charge in [0.1, 0.15) is 5.82 Å². The molecule has 0 aromatic carbocycles. The fraction of sp³-hybridized carbons (Fsp3) is 0.786. The lowest BCUT2D eigenvalue weighted by molar-refractivity contribution is -0.0485. The predicted octanol–water partition coefficient (Wildman–Crippen LogP) is 2.40. The van der Waals surface area contributed by atoms with Crippen LogP contribution in [0.25, 0.3) is 0 Å². The highest BCUT2D eigenvalue weighted by molar-refractivity contribution is 5.36. The Labute approximate surface area is 107 Å². The summed E-state index contributed by atoms with van der Waals surface area (Å²) >= 11 is 0. The summed E-state index contributed by atoms with van der Waals surface area (Å²) in [6.07, 6.45) is 8.14. The number of rotatable bonds is 2. The number of nitrogens with zero attached hydrogens (tertiary/aromatic N) is 2. The third kappa shape index (κ3) is 1.35. The molecule has 0 radical (unpaired) electrons. The number of methoxy groups -OCH3 is 1. The number of ether oxygens (including phenoxy) is 1. The number of nitrogen functional groups attached to an aromatic ring is 1. The molecule has 4 heteroatoms. The van der Waals surface area contributed by atoms with Crippen molar-refractivity contribution in [1.82, 2.24) is 9.78 Å². The SMILES string of the molecule is COc1cc(N)n(C23CC4CC(CC(C4)C2)C3)n1. The zero-order valence-corrected chi connectivity index (χ0v) is 10.9. The van der Waals surface area contributed by atoms with Gasteiger partial charge in [-0.2, -0.15) is 0 Å². The Morgan fingerprint density at radius 3 is 2.22 bits per heavy atom. The van der Waals surface area contributed by atoms with Crippen LogP contribution in [0.3, 0.4) is 0 Å². The molecule has 18 heavy (non-hydrogen) atoms. The van der Waals surface area contributed by atoms with Crippen molar-refractivity contribution in [1.29, 1.82) is 0 Å².